The lowest BCUT2D eigenvalue weighted by atomic mass is 10.1. The van der Waals surface area contributed by atoms with E-state index in [0.717, 1.165) is 29.2 Å². The van der Waals surface area contributed by atoms with E-state index in [1.807, 2.05) is 30.7 Å². The van der Waals surface area contributed by atoms with Crippen molar-refractivity contribution in [1.29, 1.82) is 0 Å². The average Bonchev–Trinajstić information content (AvgIpc) is 2.64. The number of hydrogen-bond donors (Lipinski definition) is 0. The van der Waals surface area contributed by atoms with E-state index in [1.165, 1.54) is 11.3 Å². The van der Waals surface area contributed by atoms with Crippen LogP contribution in [0.4, 0.5) is 0 Å². The van der Waals surface area contributed by atoms with Crippen molar-refractivity contribution in [1.82, 2.24) is 14.8 Å². The first-order chi connectivity index (χ1) is 8.58. The van der Waals surface area contributed by atoms with E-state index in [2.05, 4.69) is 23.9 Å². The van der Waals surface area contributed by atoms with Gasteiger partial charge in [0.25, 0.3) is 0 Å². The summed E-state index contributed by atoms with van der Waals surface area (Å²) >= 11 is 5.85. The Balaban J connectivity index is 2.52. The number of aromatic nitrogens is 3. The first-order valence-corrected chi connectivity index (χ1v) is 6.69. The molecule has 0 aliphatic carbocycles. The van der Waals surface area contributed by atoms with Crippen LogP contribution in [0.1, 0.15) is 35.1 Å². The smallest absolute Gasteiger partial charge is 0.153 e. The van der Waals surface area contributed by atoms with Crippen LogP contribution in [0.25, 0.3) is 5.82 Å². The minimum absolute atomic E-state index is 0.496. The fraction of sp³-hybridized carbons (Fsp3) is 0.429. The summed E-state index contributed by atoms with van der Waals surface area (Å²) in [6.07, 6.45) is 0.996. The van der Waals surface area contributed by atoms with Gasteiger partial charge in [-0.15, -0.1) is 11.6 Å². The molecule has 0 saturated carbocycles. The molecule has 0 N–H and O–H groups in total. The molecule has 2 aromatic rings. The first kappa shape index (κ1) is 13.1. The number of nitrogens with zero attached hydrogens (tertiary/aromatic N) is 3. The predicted molar refractivity (Wildman–Crippen MR) is 74.5 cm³/mol. The molecule has 0 bridgehead atoms. The second-order valence-electron chi connectivity index (χ2n) is 4.46. The molecule has 2 rings (SSSR count). The van der Waals surface area contributed by atoms with Crippen LogP contribution in [-0.2, 0) is 12.3 Å². The SMILES string of the molecule is CCc1c(C)nn(-c2ccc(CCl)c(C)n2)c1C. The molecule has 0 radical (unpaired) electrons. The van der Waals surface area contributed by atoms with E-state index in [9.17, 15) is 0 Å². The van der Waals surface area contributed by atoms with Gasteiger partial charge in [0.05, 0.1) is 5.69 Å². The van der Waals surface area contributed by atoms with E-state index < -0.39 is 0 Å². The maximum atomic E-state index is 5.85. The number of alkyl halides is 1. The van der Waals surface area contributed by atoms with Crippen molar-refractivity contribution in [3.63, 3.8) is 0 Å². The molecule has 96 valence electrons. The second kappa shape index (κ2) is 5.11. The number of hydrogen-bond acceptors (Lipinski definition) is 2. The fourth-order valence-electron chi connectivity index (χ4n) is 2.25. The molecule has 0 aliphatic heterocycles. The Labute approximate surface area is 113 Å². The third-order valence-corrected chi connectivity index (χ3v) is 3.62. The third-order valence-electron chi connectivity index (χ3n) is 3.34. The molecule has 18 heavy (non-hydrogen) atoms. The highest BCUT2D eigenvalue weighted by Gasteiger charge is 2.12. The Morgan fingerprint density at radius 2 is 1.89 bits per heavy atom. The Morgan fingerprint density at radius 3 is 2.39 bits per heavy atom. The van der Waals surface area contributed by atoms with Crippen LogP contribution in [0, 0.1) is 20.8 Å². The van der Waals surface area contributed by atoms with Gasteiger partial charge in [-0.3, -0.25) is 0 Å². The zero-order chi connectivity index (χ0) is 13.3. The van der Waals surface area contributed by atoms with Crippen LogP contribution in [0.2, 0.25) is 0 Å². The van der Waals surface area contributed by atoms with E-state index in [4.69, 9.17) is 11.6 Å². The summed E-state index contributed by atoms with van der Waals surface area (Å²) in [4.78, 5) is 4.58. The molecule has 0 saturated heterocycles. The fourth-order valence-corrected chi connectivity index (χ4v) is 2.53. The minimum atomic E-state index is 0.496. The van der Waals surface area contributed by atoms with Crippen molar-refractivity contribution < 1.29 is 0 Å². The van der Waals surface area contributed by atoms with Gasteiger partial charge < -0.3 is 0 Å². The van der Waals surface area contributed by atoms with Crippen molar-refractivity contribution >= 4 is 11.6 Å². The molecule has 0 spiro atoms. The van der Waals surface area contributed by atoms with Crippen molar-refractivity contribution in [3.05, 3.63) is 40.3 Å². The maximum absolute atomic E-state index is 5.85. The number of pyridine rings is 1. The standard InChI is InChI=1S/C14H18ClN3/c1-5-13-10(3)17-18(11(13)4)14-7-6-12(8-15)9(2)16-14/h6-7H,5,8H2,1-4H3. The number of aryl methyl sites for hydroxylation is 2. The summed E-state index contributed by atoms with van der Waals surface area (Å²) in [5.74, 6) is 1.36. The lowest BCUT2D eigenvalue weighted by molar-refractivity contribution is 0.798. The highest BCUT2D eigenvalue weighted by Crippen LogP contribution is 2.18. The summed E-state index contributed by atoms with van der Waals surface area (Å²) in [5.41, 5.74) is 5.58. The molecule has 2 aromatic heterocycles. The van der Waals surface area contributed by atoms with Gasteiger partial charge in [-0.2, -0.15) is 5.10 Å². The molecule has 0 aliphatic rings. The van der Waals surface area contributed by atoms with Gasteiger partial charge in [-0.25, -0.2) is 9.67 Å². The monoisotopic (exact) mass is 263 g/mol. The van der Waals surface area contributed by atoms with Gasteiger partial charge in [0.2, 0.25) is 0 Å². The van der Waals surface area contributed by atoms with Gasteiger partial charge in [-0.05, 0) is 44.4 Å². The van der Waals surface area contributed by atoms with Crippen molar-refractivity contribution in [2.45, 2.75) is 40.0 Å². The normalized spacial score (nSPS) is 10.9. The summed E-state index contributed by atoms with van der Waals surface area (Å²) < 4.78 is 1.92. The van der Waals surface area contributed by atoms with Gasteiger partial charge in [-0.1, -0.05) is 13.0 Å². The average molecular weight is 264 g/mol. The zero-order valence-corrected chi connectivity index (χ0v) is 12.0. The molecule has 0 amide bonds. The quantitative estimate of drug-likeness (QED) is 0.794. The predicted octanol–water partition coefficient (Wildman–Crippen LogP) is 3.49. The molecular formula is C14H18ClN3. The Hall–Kier alpha value is -1.35. The Bertz CT molecular complexity index is 573. The largest absolute Gasteiger partial charge is 0.234 e. The third kappa shape index (κ3) is 2.15. The Kier molecular flexibility index (Phi) is 3.71. The van der Waals surface area contributed by atoms with Crippen LogP contribution in [0.3, 0.4) is 0 Å². The molecule has 3 nitrogen and oxygen atoms in total. The molecule has 0 atom stereocenters. The zero-order valence-electron chi connectivity index (χ0n) is 11.3. The number of rotatable bonds is 3. The first-order valence-electron chi connectivity index (χ1n) is 6.16. The summed E-state index contributed by atoms with van der Waals surface area (Å²) in [6, 6.07) is 4.00. The maximum Gasteiger partial charge on any atom is 0.153 e. The van der Waals surface area contributed by atoms with E-state index in [0.29, 0.717) is 5.88 Å². The van der Waals surface area contributed by atoms with Crippen molar-refractivity contribution in [2.75, 3.05) is 0 Å². The van der Waals surface area contributed by atoms with Crippen LogP contribution in [0.15, 0.2) is 12.1 Å². The molecule has 0 aromatic carbocycles. The molecule has 0 unspecified atom stereocenters. The van der Waals surface area contributed by atoms with Crippen LogP contribution < -0.4 is 0 Å². The minimum Gasteiger partial charge on any atom is -0.234 e. The van der Waals surface area contributed by atoms with E-state index in [-0.39, 0.29) is 0 Å². The van der Waals surface area contributed by atoms with E-state index >= 15 is 0 Å². The van der Waals surface area contributed by atoms with Gasteiger partial charge >= 0.3 is 0 Å². The van der Waals surface area contributed by atoms with Gasteiger partial charge in [0.1, 0.15) is 0 Å². The highest BCUT2D eigenvalue weighted by molar-refractivity contribution is 6.17. The van der Waals surface area contributed by atoms with Gasteiger partial charge in [0, 0.05) is 17.3 Å². The van der Waals surface area contributed by atoms with Gasteiger partial charge in [0.15, 0.2) is 5.82 Å². The summed E-state index contributed by atoms with van der Waals surface area (Å²) in [5, 5.41) is 4.57. The second-order valence-corrected chi connectivity index (χ2v) is 4.73. The van der Waals surface area contributed by atoms with Crippen LogP contribution in [-0.4, -0.2) is 14.8 Å². The molecule has 4 heteroatoms. The van der Waals surface area contributed by atoms with Crippen molar-refractivity contribution in [2.24, 2.45) is 0 Å². The number of halogens is 1. The lowest BCUT2D eigenvalue weighted by Crippen LogP contribution is -2.04. The molecule has 2 heterocycles. The highest BCUT2D eigenvalue weighted by atomic mass is 35.5. The van der Waals surface area contributed by atoms with Crippen LogP contribution >= 0.6 is 11.6 Å². The summed E-state index contributed by atoms with van der Waals surface area (Å²) in [7, 11) is 0. The summed E-state index contributed by atoms with van der Waals surface area (Å²) in [6.45, 7) is 8.26. The molecular weight excluding hydrogens is 246 g/mol. The molecule has 0 fully saturated rings. The van der Waals surface area contributed by atoms with Crippen LogP contribution in [0.5, 0.6) is 0 Å². The Morgan fingerprint density at radius 1 is 1.17 bits per heavy atom. The lowest BCUT2D eigenvalue weighted by Gasteiger charge is -2.07. The topological polar surface area (TPSA) is 30.7 Å². The van der Waals surface area contributed by atoms with Crippen molar-refractivity contribution in [3.8, 4) is 5.82 Å². The van der Waals surface area contributed by atoms with E-state index in [1.54, 1.807) is 0 Å².